The average molecular weight is 827 g/mol. The molecule has 0 unspecified atom stereocenters. The normalized spacial score (nSPS) is 11.6. The van der Waals surface area contributed by atoms with Gasteiger partial charge >= 0.3 is 0 Å². The summed E-state index contributed by atoms with van der Waals surface area (Å²) in [6, 6.07) is 52.6. The highest BCUT2D eigenvalue weighted by Gasteiger charge is 2.26. The zero-order chi connectivity index (χ0) is 44.0. The van der Waals surface area contributed by atoms with E-state index >= 15 is 0 Å². The summed E-state index contributed by atoms with van der Waals surface area (Å²) in [7, 11) is 0. The number of anilines is 6. The number of nitrogens with zero attached hydrogens (tertiary/aromatic N) is 4. The van der Waals surface area contributed by atoms with Crippen LogP contribution in [-0.2, 0) is 0 Å². The zero-order valence-electron chi connectivity index (χ0n) is 36.5. The predicted molar refractivity (Wildman–Crippen MR) is 265 cm³/mol. The van der Waals surface area contributed by atoms with Crippen LogP contribution in [0.4, 0.5) is 39.8 Å². The molecule has 6 nitrogen and oxygen atoms in total. The van der Waals surface area contributed by atoms with E-state index in [0.29, 0.717) is 22.4 Å². The molecule has 64 heavy (non-hydrogen) atoms. The Hall–Kier alpha value is -8.32. The van der Waals surface area contributed by atoms with E-state index in [9.17, 15) is 5.26 Å². The van der Waals surface area contributed by atoms with Crippen LogP contribution in [0.25, 0.3) is 70.3 Å². The average Bonchev–Trinajstić information content (AvgIpc) is 3.89. The summed E-state index contributed by atoms with van der Waals surface area (Å²) in [6.45, 7) is 20.6. The second-order valence-electron chi connectivity index (χ2n) is 17.0. The molecule has 0 bridgehead atoms. The number of furan rings is 2. The van der Waals surface area contributed by atoms with Crippen molar-refractivity contribution in [3.05, 3.63) is 196 Å². The van der Waals surface area contributed by atoms with Gasteiger partial charge in [-0.05, 0) is 158 Å². The number of benzene rings is 9. The standard InChI is InChI=1S/C58H42N4O2/c1-33-26-43(27-34(2)37(33)5)61(41-20-16-39(32-59)17-21-41)51-30-53-55(47-14-10-8-12-45(47)51)49-24-25-50-56-48-15-11-9-13-46(48)52(31-54(56)64-58(50)57(49)63-53)62(42-22-18-40(60-7)19-23-42)44-28-35(3)38(6)36(4)29-44/h8-31H,1-6H3. The van der Waals surface area contributed by atoms with Crippen LogP contribution in [0.1, 0.15) is 38.9 Å². The van der Waals surface area contributed by atoms with Gasteiger partial charge in [0.15, 0.2) is 16.9 Å². The monoisotopic (exact) mass is 826 g/mol. The van der Waals surface area contributed by atoms with E-state index in [-0.39, 0.29) is 0 Å². The van der Waals surface area contributed by atoms with Gasteiger partial charge in [-0.15, -0.1) is 0 Å². The zero-order valence-corrected chi connectivity index (χ0v) is 36.5. The molecule has 0 amide bonds. The maximum atomic E-state index is 9.69. The van der Waals surface area contributed by atoms with Crippen LogP contribution in [0.3, 0.4) is 0 Å². The molecule has 0 fully saturated rings. The number of hydrogen-bond acceptors (Lipinski definition) is 5. The molecule has 2 heterocycles. The SMILES string of the molecule is [C-]#[N+]c1ccc(N(c2cc(C)c(C)c(C)c2)c2cc3oc4c(ccc5c4oc4cc(N(c6ccc(C#N)cc6)c6cc(C)c(C)c(C)c6)c6ccccc6c45)c3c3ccccc23)cc1. The van der Waals surface area contributed by atoms with Gasteiger partial charge in [0.2, 0.25) is 0 Å². The van der Waals surface area contributed by atoms with Crippen molar-refractivity contribution in [3.63, 3.8) is 0 Å². The van der Waals surface area contributed by atoms with Gasteiger partial charge in [-0.25, -0.2) is 4.85 Å². The number of aryl methyl sites for hydroxylation is 4. The lowest BCUT2D eigenvalue weighted by Gasteiger charge is -2.28. The molecule has 0 aliphatic carbocycles. The van der Waals surface area contributed by atoms with Crippen molar-refractivity contribution in [2.75, 3.05) is 9.80 Å². The van der Waals surface area contributed by atoms with Crippen molar-refractivity contribution in [2.45, 2.75) is 41.5 Å². The van der Waals surface area contributed by atoms with Crippen molar-refractivity contribution < 1.29 is 8.83 Å². The Morgan fingerprint density at radius 2 is 0.844 bits per heavy atom. The molecule has 2 aromatic heterocycles. The Balaban J connectivity index is 1.18. The molecular weight excluding hydrogens is 785 g/mol. The minimum absolute atomic E-state index is 0.592. The molecule has 6 heteroatoms. The minimum Gasteiger partial charge on any atom is -0.452 e. The van der Waals surface area contributed by atoms with Crippen LogP contribution < -0.4 is 9.80 Å². The number of fused-ring (bicyclic) bond motifs is 11. The van der Waals surface area contributed by atoms with Crippen molar-refractivity contribution in [1.82, 2.24) is 0 Å². The molecule has 11 rings (SSSR count). The second-order valence-corrected chi connectivity index (χ2v) is 17.0. The Morgan fingerprint density at radius 3 is 1.23 bits per heavy atom. The lowest BCUT2D eigenvalue weighted by molar-refractivity contribution is 0.633. The lowest BCUT2D eigenvalue weighted by atomic mass is 9.98. The molecular formula is C58H42N4O2. The molecule has 0 N–H and O–H groups in total. The Labute approximate surface area is 371 Å². The van der Waals surface area contributed by atoms with Crippen molar-refractivity contribution in [1.29, 1.82) is 5.26 Å². The Kier molecular flexibility index (Phi) is 8.84. The molecule has 0 aliphatic heterocycles. The second kappa shape index (κ2) is 14.7. The fourth-order valence-corrected chi connectivity index (χ4v) is 9.63. The van der Waals surface area contributed by atoms with E-state index in [4.69, 9.17) is 15.4 Å². The number of rotatable bonds is 6. The maximum absolute atomic E-state index is 9.69. The van der Waals surface area contributed by atoms with E-state index in [1.54, 1.807) is 0 Å². The molecule has 11 aromatic rings. The van der Waals surface area contributed by atoms with Crippen LogP contribution in [0.15, 0.2) is 154 Å². The first kappa shape index (κ1) is 38.6. The summed E-state index contributed by atoms with van der Waals surface area (Å²) >= 11 is 0. The third-order valence-corrected chi connectivity index (χ3v) is 13.4. The van der Waals surface area contributed by atoms with Gasteiger partial charge in [0.05, 0.1) is 29.6 Å². The van der Waals surface area contributed by atoms with Gasteiger partial charge < -0.3 is 18.6 Å². The Bertz CT molecular complexity index is 3520. The van der Waals surface area contributed by atoms with E-state index < -0.39 is 0 Å². The molecule has 0 radical (unpaired) electrons. The maximum Gasteiger partial charge on any atom is 0.187 e. The molecule has 0 spiro atoms. The predicted octanol–water partition coefficient (Wildman–Crippen LogP) is 17.0. The van der Waals surface area contributed by atoms with Crippen molar-refractivity contribution >= 4 is 105 Å². The van der Waals surface area contributed by atoms with Crippen LogP contribution in [0.2, 0.25) is 0 Å². The van der Waals surface area contributed by atoms with Gasteiger partial charge in [0.1, 0.15) is 11.2 Å². The van der Waals surface area contributed by atoms with Crippen LogP contribution in [0.5, 0.6) is 0 Å². The Morgan fingerprint density at radius 1 is 0.453 bits per heavy atom. The molecule has 0 atom stereocenters. The summed E-state index contributed by atoms with van der Waals surface area (Å²) in [6.07, 6.45) is 0. The topological polar surface area (TPSA) is 60.9 Å². The van der Waals surface area contributed by atoms with E-state index in [0.717, 1.165) is 88.4 Å². The first-order valence-corrected chi connectivity index (χ1v) is 21.5. The van der Waals surface area contributed by atoms with Gasteiger partial charge in [-0.2, -0.15) is 5.26 Å². The molecule has 0 saturated carbocycles. The molecule has 0 saturated heterocycles. The van der Waals surface area contributed by atoms with Gasteiger partial charge in [-0.1, -0.05) is 60.7 Å². The van der Waals surface area contributed by atoms with E-state index in [1.807, 2.05) is 48.5 Å². The largest absolute Gasteiger partial charge is 0.452 e. The van der Waals surface area contributed by atoms with Crippen LogP contribution in [0, 0.1) is 59.4 Å². The highest BCUT2D eigenvalue weighted by Crippen LogP contribution is 2.50. The third kappa shape index (κ3) is 5.92. The fraction of sp³-hybridized carbons (Fsp3) is 0.103. The smallest absolute Gasteiger partial charge is 0.187 e. The van der Waals surface area contributed by atoms with Crippen LogP contribution >= 0.6 is 0 Å². The summed E-state index contributed by atoms with van der Waals surface area (Å²) in [5.41, 5.74) is 17.3. The highest BCUT2D eigenvalue weighted by molar-refractivity contribution is 6.29. The highest BCUT2D eigenvalue weighted by atomic mass is 16.4. The molecule has 306 valence electrons. The minimum atomic E-state index is 0.592. The van der Waals surface area contributed by atoms with E-state index in [2.05, 4.69) is 159 Å². The van der Waals surface area contributed by atoms with Crippen molar-refractivity contribution in [2.24, 2.45) is 0 Å². The van der Waals surface area contributed by atoms with Crippen LogP contribution in [-0.4, -0.2) is 0 Å². The first-order chi connectivity index (χ1) is 31.1. The summed E-state index contributed by atoms with van der Waals surface area (Å²) in [4.78, 5) is 8.24. The summed E-state index contributed by atoms with van der Waals surface area (Å²) < 4.78 is 14.1. The van der Waals surface area contributed by atoms with Gasteiger partial charge in [0, 0.05) is 67.2 Å². The molecule has 9 aromatic carbocycles. The van der Waals surface area contributed by atoms with Gasteiger partial charge in [-0.3, -0.25) is 0 Å². The fourth-order valence-electron chi connectivity index (χ4n) is 9.63. The lowest BCUT2D eigenvalue weighted by Crippen LogP contribution is -2.11. The summed E-state index contributed by atoms with van der Waals surface area (Å²) in [5.74, 6) is 0. The quantitative estimate of drug-likeness (QED) is 0.156. The summed E-state index contributed by atoms with van der Waals surface area (Å²) in [5, 5.41) is 18.0. The first-order valence-electron chi connectivity index (χ1n) is 21.5. The van der Waals surface area contributed by atoms with Crippen molar-refractivity contribution in [3.8, 4) is 6.07 Å². The third-order valence-electron chi connectivity index (χ3n) is 13.4. The van der Waals surface area contributed by atoms with Gasteiger partial charge in [0.25, 0.3) is 0 Å². The number of hydrogen-bond donors (Lipinski definition) is 0. The molecule has 0 aliphatic rings. The number of nitriles is 1. The van der Waals surface area contributed by atoms with E-state index in [1.165, 1.54) is 33.4 Å².